The van der Waals surface area contributed by atoms with Crippen LogP contribution in [0.5, 0.6) is 23.5 Å². The first kappa shape index (κ1) is 27.2. The van der Waals surface area contributed by atoms with Crippen molar-refractivity contribution >= 4 is 27.8 Å². The number of phenolic OH excluding ortho intramolecular Hbond substituents is 1. The van der Waals surface area contributed by atoms with Crippen molar-refractivity contribution in [1.29, 1.82) is 0 Å². The number of aromatic nitrogens is 4. The van der Waals surface area contributed by atoms with E-state index in [1.165, 1.54) is 24.6 Å². The summed E-state index contributed by atoms with van der Waals surface area (Å²) in [6, 6.07) is 6.48. The van der Waals surface area contributed by atoms with Crippen LogP contribution in [0, 0.1) is 30.0 Å². The Bertz CT molecular complexity index is 1900. The third-order valence-corrected chi connectivity index (χ3v) is 11.0. The zero-order chi connectivity index (χ0) is 30.4. The molecule has 5 aliphatic heterocycles. The van der Waals surface area contributed by atoms with Crippen molar-refractivity contribution in [3.05, 3.63) is 35.6 Å². The Morgan fingerprint density at radius 3 is 2.84 bits per heavy atom. The maximum atomic E-state index is 14.8. The van der Waals surface area contributed by atoms with Gasteiger partial charge in [0.2, 0.25) is 0 Å². The zero-order valence-electron chi connectivity index (χ0n) is 24.9. The summed E-state index contributed by atoms with van der Waals surface area (Å²) in [5.74, 6) is 4.03. The van der Waals surface area contributed by atoms with Crippen LogP contribution in [0.3, 0.4) is 0 Å². The molecule has 1 aliphatic carbocycles. The van der Waals surface area contributed by atoms with Crippen LogP contribution in [0.4, 0.5) is 14.6 Å². The monoisotopic (exact) mass is 612 g/mol. The van der Waals surface area contributed by atoms with Crippen LogP contribution in [-0.4, -0.2) is 74.0 Å². The van der Waals surface area contributed by atoms with Crippen LogP contribution in [0.1, 0.15) is 56.6 Å². The average molecular weight is 613 g/mol. The van der Waals surface area contributed by atoms with Crippen LogP contribution in [-0.2, 0) is 0 Å². The van der Waals surface area contributed by atoms with Gasteiger partial charge in [0.25, 0.3) is 0 Å². The first-order chi connectivity index (χ1) is 21.9. The second-order valence-electron chi connectivity index (χ2n) is 13.6. The van der Waals surface area contributed by atoms with Crippen molar-refractivity contribution in [3.63, 3.8) is 0 Å². The van der Waals surface area contributed by atoms with Gasteiger partial charge in [-0.2, -0.15) is 15.0 Å². The SMILES string of the molecule is C#Cc1c(F)ccc2cc(O)cc(Oc3nc4nc(OC[C@@]56CCCN5CC(F)C6)nc5c4n3C3CC(C3)C3CCCN5C3)c12. The molecule has 2 aromatic carbocycles. The maximum absolute atomic E-state index is 14.8. The Kier molecular flexibility index (Phi) is 5.99. The number of nitrogens with zero attached hydrogens (tertiary/aromatic N) is 6. The lowest BCUT2D eigenvalue weighted by Crippen LogP contribution is -2.43. The highest BCUT2D eigenvalue weighted by Gasteiger charge is 2.49. The minimum Gasteiger partial charge on any atom is -0.508 e. The van der Waals surface area contributed by atoms with E-state index in [1.54, 1.807) is 6.07 Å². The van der Waals surface area contributed by atoms with Crippen LogP contribution in [0.15, 0.2) is 24.3 Å². The number of phenols is 1. The molecule has 6 aliphatic rings. The third-order valence-electron chi connectivity index (χ3n) is 11.0. The minimum atomic E-state index is -0.849. The highest BCUT2D eigenvalue weighted by Crippen LogP contribution is 2.51. The molecule has 3 saturated heterocycles. The normalized spacial score (nSPS) is 28.7. The van der Waals surface area contributed by atoms with Gasteiger partial charge in [-0.05, 0) is 74.4 Å². The average Bonchev–Trinajstić information content (AvgIpc) is 3.65. The van der Waals surface area contributed by atoms with E-state index >= 15 is 0 Å². The summed E-state index contributed by atoms with van der Waals surface area (Å²) in [4.78, 5) is 19.2. The summed E-state index contributed by atoms with van der Waals surface area (Å²) in [5.41, 5.74) is 0.958. The van der Waals surface area contributed by atoms with Gasteiger partial charge in [0, 0.05) is 43.5 Å². The molecule has 0 spiro atoms. The summed E-state index contributed by atoms with van der Waals surface area (Å²) >= 11 is 0. The molecule has 0 amide bonds. The number of alkyl halides is 1. The molecule has 232 valence electrons. The number of aromatic hydroxyl groups is 1. The van der Waals surface area contributed by atoms with Gasteiger partial charge in [-0.3, -0.25) is 9.47 Å². The lowest BCUT2D eigenvalue weighted by atomic mass is 9.70. The van der Waals surface area contributed by atoms with Gasteiger partial charge in [0.1, 0.15) is 35.6 Å². The summed E-state index contributed by atoms with van der Waals surface area (Å²) in [6.07, 6.45) is 11.5. The van der Waals surface area contributed by atoms with Gasteiger partial charge in [-0.25, -0.2) is 8.78 Å². The van der Waals surface area contributed by atoms with Crippen LogP contribution >= 0.6 is 0 Å². The van der Waals surface area contributed by atoms with Gasteiger partial charge in [-0.1, -0.05) is 12.0 Å². The molecule has 4 bridgehead atoms. The Hall–Kier alpha value is -4.17. The molecule has 10 rings (SSSR count). The highest BCUT2D eigenvalue weighted by atomic mass is 19.1. The number of benzene rings is 2. The van der Waals surface area contributed by atoms with E-state index in [4.69, 9.17) is 30.8 Å². The van der Waals surface area contributed by atoms with Crippen LogP contribution < -0.4 is 14.4 Å². The second-order valence-corrected chi connectivity index (χ2v) is 13.6. The summed E-state index contributed by atoms with van der Waals surface area (Å²) in [7, 11) is 0. The predicted molar refractivity (Wildman–Crippen MR) is 164 cm³/mol. The maximum Gasteiger partial charge on any atom is 0.320 e. The lowest BCUT2D eigenvalue weighted by molar-refractivity contribution is 0.107. The van der Waals surface area contributed by atoms with Crippen LogP contribution in [0.25, 0.3) is 21.9 Å². The highest BCUT2D eigenvalue weighted by molar-refractivity contribution is 5.95. The molecule has 45 heavy (non-hydrogen) atoms. The van der Waals surface area contributed by atoms with E-state index in [9.17, 15) is 13.9 Å². The smallest absolute Gasteiger partial charge is 0.320 e. The van der Waals surface area contributed by atoms with Gasteiger partial charge < -0.3 is 19.5 Å². The molecule has 2 aromatic heterocycles. The van der Waals surface area contributed by atoms with Crippen molar-refractivity contribution < 1.29 is 23.4 Å². The van der Waals surface area contributed by atoms with Crippen molar-refractivity contribution in [2.45, 2.75) is 62.7 Å². The van der Waals surface area contributed by atoms with Crippen molar-refractivity contribution in [3.8, 4) is 35.9 Å². The van der Waals surface area contributed by atoms with E-state index in [2.05, 4.69) is 20.3 Å². The molecular formula is C34H34F2N6O3. The Balaban J connectivity index is 1.18. The number of halogens is 2. The number of ether oxygens (including phenoxy) is 2. The number of hydrogen-bond acceptors (Lipinski definition) is 8. The van der Waals surface area contributed by atoms with E-state index in [0.29, 0.717) is 47.8 Å². The molecule has 7 heterocycles. The van der Waals surface area contributed by atoms with Gasteiger partial charge >= 0.3 is 12.0 Å². The molecule has 11 heteroatoms. The number of terminal acetylenes is 1. The fourth-order valence-corrected chi connectivity index (χ4v) is 8.81. The van der Waals surface area contributed by atoms with Crippen molar-refractivity contribution in [2.24, 2.45) is 11.8 Å². The second kappa shape index (κ2) is 9.91. The number of hydrogen-bond donors (Lipinski definition) is 1. The summed E-state index contributed by atoms with van der Waals surface area (Å²) in [6.45, 7) is 3.43. The molecule has 4 aromatic rings. The quantitative estimate of drug-likeness (QED) is 0.286. The third kappa shape index (κ3) is 4.18. The van der Waals surface area contributed by atoms with E-state index in [0.717, 1.165) is 63.1 Å². The molecule has 4 fully saturated rings. The number of anilines is 1. The molecule has 2 unspecified atom stereocenters. The number of rotatable bonds is 5. The first-order valence-corrected chi connectivity index (χ1v) is 16.1. The number of imidazole rings is 1. The molecular weight excluding hydrogens is 578 g/mol. The van der Waals surface area contributed by atoms with E-state index < -0.39 is 12.0 Å². The predicted octanol–water partition coefficient (Wildman–Crippen LogP) is 5.73. The molecule has 9 nitrogen and oxygen atoms in total. The zero-order valence-corrected chi connectivity index (χ0v) is 24.9. The molecule has 0 radical (unpaired) electrons. The summed E-state index contributed by atoms with van der Waals surface area (Å²) in [5, 5.41) is 11.5. The summed E-state index contributed by atoms with van der Waals surface area (Å²) < 4.78 is 44.2. The van der Waals surface area contributed by atoms with Crippen molar-refractivity contribution in [1.82, 2.24) is 24.4 Å². The largest absolute Gasteiger partial charge is 0.508 e. The van der Waals surface area contributed by atoms with Crippen LogP contribution in [0.2, 0.25) is 0 Å². The first-order valence-electron chi connectivity index (χ1n) is 16.1. The standard InChI is InChI=1S/C34H34F2N6O3/c1-2-25-26(36)7-6-19-13-24(43)14-27(28(19)25)45-33-38-30-29-31(40-9-3-5-20(16-40)21-11-23(12-21)42(29)33)39-32(37-30)44-18-34-8-4-10-41(34)17-22(35)15-34/h1,6-7,13-14,20-23,43H,3-5,8-12,15-18H2/t20?,21?,22?,23?,34-/m0/s1. The molecule has 1 N–H and O–H groups in total. The van der Waals surface area contributed by atoms with Crippen molar-refractivity contribution in [2.75, 3.05) is 37.7 Å². The Labute approximate surface area is 259 Å². The topological polar surface area (TPSA) is 88.8 Å². The van der Waals surface area contributed by atoms with E-state index in [1.807, 2.05) is 0 Å². The molecule has 3 atom stereocenters. The van der Waals surface area contributed by atoms with E-state index in [-0.39, 0.29) is 40.7 Å². The molecule has 1 saturated carbocycles. The number of fused-ring (bicyclic) bond motifs is 2. The Morgan fingerprint density at radius 1 is 1.09 bits per heavy atom. The lowest BCUT2D eigenvalue weighted by Gasteiger charge is -2.43. The van der Waals surface area contributed by atoms with Gasteiger partial charge in [0.15, 0.2) is 11.5 Å². The minimum absolute atomic E-state index is 0.0322. The number of piperidine rings is 1. The van der Waals surface area contributed by atoms with Gasteiger partial charge in [-0.15, -0.1) is 6.42 Å². The Morgan fingerprint density at radius 2 is 1.98 bits per heavy atom. The van der Waals surface area contributed by atoms with Gasteiger partial charge in [0.05, 0.1) is 11.1 Å². The fraction of sp³-hybridized carbons (Fsp3) is 0.500. The fourth-order valence-electron chi connectivity index (χ4n) is 8.81.